The molecule has 11 heteroatoms. The number of imidazole rings is 1. The van der Waals surface area contributed by atoms with Crippen molar-refractivity contribution in [2.45, 2.75) is 45.4 Å². The molecule has 1 fully saturated rings. The quantitative estimate of drug-likeness (QED) is 0.516. The number of piperazine rings is 1. The van der Waals surface area contributed by atoms with E-state index in [1.807, 2.05) is 6.92 Å². The second-order valence-electron chi connectivity index (χ2n) is 8.33. The fraction of sp³-hybridized carbons (Fsp3) is 0.522. The number of nitrogens with zero attached hydrogens (tertiary/aromatic N) is 5. The Balaban J connectivity index is 1.84. The van der Waals surface area contributed by atoms with E-state index < -0.39 is 10.0 Å². The summed E-state index contributed by atoms with van der Waals surface area (Å²) in [5.74, 6) is 1.13. The van der Waals surface area contributed by atoms with Crippen LogP contribution in [0.3, 0.4) is 0 Å². The van der Waals surface area contributed by atoms with Crippen LogP contribution < -0.4 is 10.3 Å². The summed E-state index contributed by atoms with van der Waals surface area (Å²) in [4.78, 5) is 22.6. The molecule has 3 heterocycles. The minimum absolute atomic E-state index is 0.0788. The standard InChI is InChI=1S/C23H32N6O4S/c1-5-9-19-24-16(4)20-23(30)25-22(26-29(19)20)17-10-8-11-18(21(17)33-7-3)34(31,32)28-14-12-27(6-2)13-15-28/h8,10-11H,5-7,9,12-15H2,1-4H3,(H,25,26,30). The molecule has 34 heavy (non-hydrogen) atoms. The van der Waals surface area contributed by atoms with Crippen molar-refractivity contribution in [3.63, 3.8) is 0 Å². The molecule has 1 N–H and O–H groups in total. The number of aromatic nitrogens is 4. The van der Waals surface area contributed by atoms with Gasteiger partial charge in [0, 0.05) is 32.6 Å². The average Bonchev–Trinajstić information content (AvgIpc) is 3.15. The molecule has 10 nitrogen and oxygen atoms in total. The van der Waals surface area contributed by atoms with E-state index in [9.17, 15) is 13.2 Å². The van der Waals surface area contributed by atoms with Crippen LogP contribution in [-0.4, -0.2) is 76.5 Å². The second-order valence-corrected chi connectivity index (χ2v) is 10.2. The zero-order valence-electron chi connectivity index (χ0n) is 20.2. The first-order valence-corrected chi connectivity index (χ1v) is 13.2. The van der Waals surface area contributed by atoms with Gasteiger partial charge in [0.2, 0.25) is 10.0 Å². The van der Waals surface area contributed by atoms with Gasteiger partial charge in [0.25, 0.3) is 5.56 Å². The number of aromatic amines is 1. The fourth-order valence-electron chi connectivity index (χ4n) is 4.37. The van der Waals surface area contributed by atoms with Crippen LogP contribution in [0.5, 0.6) is 5.75 Å². The summed E-state index contributed by atoms with van der Waals surface area (Å²) in [5, 5.41) is 4.65. The normalized spacial score (nSPS) is 15.8. The monoisotopic (exact) mass is 488 g/mol. The molecule has 4 rings (SSSR count). The Labute approximate surface area is 199 Å². The van der Waals surface area contributed by atoms with E-state index in [-0.39, 0.29) is 28.6 Å². The van der Waals surface area contributed by atoms with Crippen LogP contribution in [0, 0.1) is 6.92 Å². The molecule has 0 saturated carbocycles. The number of fused-ring (bicyclic) bond motifs is 1. The first-order chi connectivity index (χ1) is 16.3. The lowest BCUT2D eigenvalue weighted by atomic mass is 10.2. The Bertz CT molecular complexity index is 1340. The predicted octanol–water partition coefficient (Wildman–Crippen LogP) is 2.07. The summed E-state index contributed by atoms with van der Waals surface area (Å²) in [6.07, 6.45) is 1.52. The van der Waals surface area contributed by atoms with Crippen molar-refractivity contribution in [2.75, 3.05) is 39.3 Å². The smallest absolute Gasteiger partial charge is 0.277 e. The Morgan fingerprint density at radius 3 is 2.50 bits per heavy atom. The Morgan fingerprint density at radius 2 is 1.85 bits per heavy atom. The molecule has 1 saturated heterocycles. The molecule has 184 valence electrons. The third-order valence-corrected chi connectivity index (χ3v) is 8.06. The number of sulfonamides is 1. The minimum atomic E-state index is -3.80. The lowest BCUT2D eigenvalue weighted by Gasteiger charge is -2.33. The summed E-state index contributed by atoms with van der Waals surface area (Å²) in [6, 6.07) is 4.92. The maximum atomic E-state index is 13.6. The molecule has 2 aromatic heterocycles. The number of likely N-dealkylation sites (N-methyl/N-ethyl adjacent to an activating group) is 1. The number of ether oxygens (including phenoxy) is 1. The van der Waals surface area contributed by atoms with Crippen molar-refractivity contribution in [1.82, 2.24) is 28.8 Å². The second kappa shape index (κ2) is 9.85. The Hall–Kier alpha value is -2.76. The predicted molar refractivity (Wildman–Crippen MR) is 130 cm³/mol. The largest absolute Gasteiger partial charge is 0.492 e. The van der Waals surface area contributed by atoms with Crippen LogP contribution in [-0.2, 0) is 16.4 Å². The summed E-state index contributed by atoms with van der Waals surface area (Å²) in [6.45, 7) is 11.0. The molecule has 0 amide bonds. The lowest BCUT2D eigenvalue weighted by molar-refractivity contribution is 0.196. The summed E-state index contributed by atoms with van der Waals surface area (Å²) < 4.78 is 36.1. The molecule has 0 aliphatic carbocycles. The summed E-state index contributed by atoms with van der Waals surface area (Å²) >= 11 is 0. The molecular weight excluding hydrogens is 456 g/mol. The van der Waals surface area contributed by atoms with Crippen molar-refractivity contribution in [3.05, 3.63) is 40.1 Å². The van der Waals surface area contributed by atoms with Gasteiger partial charge in [0.1, 0.15) is 16.5 Å². The maximum absolute atomic E-state index is 13.6. The Kier molecular flexibility index (Phi) is 7.06. The van der Waals surface area contributed by atoms with Gasteiger partial charge in [0.15, 0.2) is 11.3 Å². The van der Waals surface area contributed by atoms with E-state index in [4.69, 9.17) is 4.74 Å². The van der Waals surface area contributed by atoms with Gasteiger partial charge in [-0.25, -0.2) is 17.9 Å². The minimum Gasteiger partial charge on any atom is -0.492 e. The van der Waals surface area contributed by atoms with Crippen LogP contribution in [0.4, 0.5) is 0 Å². The third-order valence-electron chi connectivity index (χ3n) is 6.14. The fourth-order valence-corrected chi connectivity index (χ4v) is 5.94. The van der Waals surface area contributed by atoms with Gasteiger partial charge in [-0.3, -0.25) is 4.79 Å². The van der Waals surface area contributed by atoms with Crippen molar-refractivity contribution >= 4 is 15.5 Å². The van der Waals surface area contributed by atoms with Gasteiger partial charge in [-0.05, 0) is 38.9 Å². The molecule has 1 aromatic carbocycles. The van der Waals surface area contributed by atoms with Crippen LogP contribution in [0.25, 0.3) is 16.9 Å². The van der Waals surface area contributed by atoms with Gasteiger partial charge < -0.3 is 14.6 Å². The Morgan fingerprint density at radius 1 is 1.12 bits per heavy atom. The maximum Gasteiger partial charge on any atom is 0.277 e. The van der Waals surface area contributed by atoms with E-state index in [1.165, 1.54) is 4.31 Å². The summed E-state index contributed by atoms with van der Waals surface area (Å²) in [7, 11) is -3.80. The highest BCUT2D eigenvalue weighted by molar-refractivity contribution is 7.89. The molecule has 0 radical (unpaired) electrons. The highest BCUT2D eigenvalue weighted by atomic mass is 32.2. The van der Waals surface area contributed by atoms with Crippen LogP contribution in [0.2, 0.25) is 0 Å². The van der Waals surface area contributed by atoms with Gasteiger partial charge >= 0.3 is 0 Å². The molecule has 1 aliphatic heterocycles. The van der Waals surface area contributed by atoms with Crippen molar-refractivity contribution in [2.24, 2.45) is 0 Å². The number of hydrogen-bond acceptors (Lipinski definition) is 7. The van der Waals surface area contributed by atoms with E-state index in [2.05, 4.69) is 26.9 Å². The number of benzene rings is 1. The van der Waals surface area contributed by atoms with Crippen LogP contribution in [0.15, 0.2) is 27.9 Å². The molecule has 0 unspecified atom stereocenters. The SMILES string of the molecule is CCCc1nc(C)c2c(=O)[nH]c(-c3cccc(S(=O)(=O)N4CCN(CC)CC4)c3OCC)nn12. The number of H-pyrrole nitrogens is 1. The molecular formula is C23H32N6O4S. The number of aryl methyl sites for hydroxylation is 2. The highest BCUT2D eigenvalue weighted by Crippen LogP contribution is 2.36. The molecule has 0 spiro atoms. The third kappa shape index (κ3) is 4.35. The highest BCUT2D eigenvalue weighted by Gasteiger charge is 2.32. The van der Waals surface area contributed by atoms with E-state index in [0.29, 0.717) is 55.2 Å². The lowest BCUT2D eigenvalue weighted by Crippen LogP contribution is -2.48. The summed E-state index contributed by atoms with van der Waals surface area (Å²) in [5.41, 5.74) is 1.09. The van der Waals surface area contributed by atoms with Gasteiger partial charge in [-0.15, -0.1) is 5.10 Å². The molecule has 1 aliphatic rings. The van der Waals surface area contributed by atoms with Gasteiger partial charge in [-0.2, -0.15) is 4.31 Å². The topological polar surface area (TPSA) is 113 Å². The number of para-hydroxylation sites is 1. The van der Waals surface area contributed by atoms with E-state index in [1.54, 1.807) is 36.6 Å². The van der Waals surface area contributed by atoms with Crippen molar-refractivity contribution < 1.29 is 13.2 Å². The zero-order chi connectivity index (χ0) is 24.5. The van der Waals surface area contributed by atoms with Gasteiger partial charge in [0.05, 0.1) is 17.9 Å². The first kappa shape index (κ1) is 24.4. The van der Waals surface area contributed by atoms with Crippen LogP contribution >= 0.6 is 0 Å². The molecule has 0 bridgehead atoms. The van der Waals surface area contributed by atoms with E-state index >= 15 is 0 Å². The van der Waals surface area contributed by atoms with Crippen molar-refractivity contribution in [1.29, 1.82) is 0 Å². The van der Waals surface area contributed by atoms with Crippen molar-refractivity contribution in [3.8, 4) is 17.1 Å². The number of hydrogen-bond donors (Lipinski definition) is 1. The number of rotatable bonds is 8. The molecule has 3 aromatic rings. The van der Waals surface area contributed by atoms with Crippen LogP contribution in [0.1, 0.15) is 38.7 Å². The number of nitrogens with one attached hydrogen (secondary N) is 1. The first-order valence-electron chi connectivity index (χ1n) is 11.8. The average molecular weight is 489 g/mol. The van der Waals surface area contributed by atoms with Gasteiger partial charge in [-0.1, -0.05) is 19.9 Å². The molecule has 0 atom stereocenters. The zero-order valence-corrected chi connectivity index (χ0v) is 21.0. The van der Waals surface area contributed by atoms with E-state index in [0.717, 1.165) is 13.0 Å².